The molecule has 1 saturated carbocycles. The molecule has 0 bridgehead atoms. The molecule has 1 aromatic rings. The first-order chi connectivity index (χ1) is 8.16. The summed E-state index contributed by atoms with van der Waals surface area (Å²) in [6.07, 6.45) is 4.49. The normalized spacial score (nSPS) is 14.7. The van der Waals surface area contributed by atoms with Gasteiger partial charge in [-0.15, -0.1) is 0 Å². The van der Waals surface area contributed by atoms with Crippen molar-refractivity contribution in [3.63, 3.8) is 0 Å². The van der Waals surface area contributed by atoms with Crippen LogP contribution in [0.25, 0.3) is 0 Å². The highest BCUT2D eigenvalue weighted by Gasteiger charge is 2.20. The van der Waals surface area contributed by atoms with Crippen molar-refractivity contribution >= 4 is 5.82 Å². The van der Waals surface area contributed by atoms with Crippen LogP contribution in [-0.4, -0.2) is 24.6 Å². The molecule has 1 fully saturated rings. The van der Waals surface area contributed by atoms with Gasteiger partial charge in [-0.1, -0.05) is 18.2 Å². The standard InChI is InChI=1S/C14H21N3/c1-11(2)10-17(3)14-12(5-4-8-15-14)9-16-13-6-7-13/h4-5,8,13,16H,1,6-7,9-10H2,2-3H3. The fourth-order valence-corrected chi connectivity index (χ4v) is 1.93. The predicted molar refractivity (Wildman–Crippen MR) is 72.2 cm³/mol. The Morgan fingerprint density at radius 1 is 1.59 bits per heavy atom. The molecular formula is C14H21N3. The molecule has 0 aromatic carbocycles. The summed E-state index contributed by atoms with van der Waals surface area (Å²) in [5.41, 5.74) is 2.42. The molecule has 17 heavy (non-hydrogen) atoms. The fraction of sp³-hybridized carbons (Fsp3) is 0.500. The van der Waals surface area contributed by atoms with E-state index >= 15 is 0 Å². The van der Waals surface area contributed by atoms with Crippen LogP contribution in [0.15, 0.2) is 30.5 Å². The minimum absolute atomic E-state index is 0.731. The zero-order valence-corrected chi connectivity index (χ0v) is 10.7. The monoisotopic (exact) mass is 231 g/mol. The van der Waals surface area contributed by atoms with Crippen LogP contribution in [-0.2, 0) is 6.54 Å². The third kappa shape index (κ3) is 3.56. The molecule has 0 radical (unpaired) electrons. The minimum Gasteiger partial charge on any atom is -0.355 e. The van der Waals surface area contributed by atoms with Gasteiger partial charge < -0.3 is 10.2 Å². The van der Waals surface area contributed by atoms with Crippen molar-refractivity contribution < 1.29 is 0 Å². The Morgan fingerprint density at radius 2 is 2.35 bits per heavy atom. The molecule has 0 amide bonds. The van der Waals surface area contributed by atoms with Crippen molar-refractivity contribution in [3.05, 3.63) is 36.0 Å². The van der Waals surface area contributed by atoms with E-state index in [9.17, 15) is 0 Å². The molecule has 2 rings (SSSR count). The van der Waals surface area contributed by atoms with Crippen LogP contribution in [0.5, 0.6) is 0 Å². The van der Waals surface area contributed by atoms with Crippen LogP contribution in [0.4, 0.5) is 5.82 Å². The zero-order valence-electron chi connectivity index (χ0n) is 10.7. The summed E-state index contributed by atoms with van der Waals surface area (Å²) in [4.78, 5) is 6.63. The zero-order chi connectivity index (χ0) is 12.3. The van der Waals surface area contributed by atoms with Gasteiger partial charge in [0.1, 0.15) is 5.82 Å². The second-order valence-electron chi connectivity index (χ2n) is 4.95. The first kappa shape index (κ1) is 12.1. The van der Waals surface area contributed by atoms with Gasteiger partial charge in [0.2, 0.25) is 0 Å². The Kier molecular flexibility index (Phi) is 3.79. The van der Waals surface area contributed by atoms with Crippen LogP contribution in [0.3, 0.4) is 0 Å². The topological polar surface area (TPSA) is 28.2 Å². The van der Waals surface area contributed by atoms with Crippen molar-refractivity contribution in [2.24, 2.45) is 0 Å². The summed E-state index contributed by atoms with van der Waals surface area (Å²) >= 11 is 0. The van der Waals surface area contributed by atoms with Crippen LogP contribution in [0.1, 0.15) is 25.3 Å². The fourth-order valence-electron chi connectivity index (χ4n) is 1.93. The van der Waals surface area contributed by atoms with Crippen molar-refractivity contribution in [1.29, 1.82) is 0 Å². The van der Waals surface area contributed by atoms with E-state index < -0.39 is 0 Å². The lowest BCUT2D eigenvalue weighted by Gasteiger charge is -2.21. The van der Waals surface area contributed by atoms with E-state index in [0.717, 1.165) is 30.5 Å². The van der Waals surface area contributed by atoms with Gasteiger partial charge in [0.05, 0.1) is 0 Å². The molecule has 3 nitrogen and oxygen atoms in total. The Balaban J connectivity index is 2.05. The Morgan fingerprint density at radius 3 is 3.00 bits per heavy atom. The number of nitrogens with one attached hydrogen (secondary N) is 1. The van der Waals surface area contributed by atoms with Crippen LogP contribution >= 0.6 is 0 Å². The summed E-state index contributed by atoms with van der Waals surface area (Å²) in [5.74, 6) is 1.06. The highest BCUT2D eigenvalue weighted by molar-refractivity contribution is 5.46. The van der Waals surface area contributed by atoms with E-state index in [4.69, 9.17) is 0 Å². The van der Waals surface area contributed by atoms with Gasteiger partial charge in [-0.25, -0.2) is 4.98 Å². The second-order valence-corrected chi connectivity index (χ2v) is 4.95. The lowest BCUT2D eigenvalue weighted by atomic mass is 10.2. The number of nitrogens with zero attached hydrogens (tertiary/aromatic N) is 2. The first-order valence-corrected chi connectivity index (χ1v) is 6.19. The number of pyridine rings is 1. The minimum atomic E-state index is 0.731. The molecule has 0 spiro atoms. The smallest absolute Gasteiger partial charge is 0.133 e. The largest absolute Gasteiger partial charge is 0.355 e. The second kappa shape index (κ2) is 5.32. The van der Waals surface area contributed by atoms with E-state index in [1.54, 1.807) is 0 Å². The molecule has 1 aromatic heterocycles. The highest BCUT2D eigenvalue weighted by atomic mass is 15.2. The third-order valence-corrected chi connectivity index (χ3v) is 2.89. The quantitative estimate of drug-likeness (QED) is 0.762. The maximum atomic E-state index is 4.47. The Bertz CT molecular complexity index is 396. The van der Waals surface area contributed by atoms with E-state index in [0.29, 0.717) is 0 Å². The molecule has 1 heterocycles. The number of hydrogen-bond acceptors (Lipinski definition) is 3. The lowest BCUT2D eigenvalue weighted by molar-refractivity contribution is 0.684. The molecule has 1 aliphatic carbocycles. The molecule has 1 aliphatic rings. The summed E-state index contributed by atoms with van der Waals surface area (Å²) in [5, 5.41) is 3.53. The number of hydrogen-bond donors (Lipinski definition) is 1. The summed E-state index contributed by atoms with van der Waals surface area (Å²) in [6.45, 7) is 7.76. The first-order valence-electron chi connectivity index (χ1n) is 6.19. The van der Waals surface area contributed by atoms with Crippen molar-refractivity contribution in [2.75, 3.05) is 18.5 Å². The molecule has 0 aliphatic heterocycles. The summed E-state index contributed by atoms with van der Waals surface area (Å²) in [7, 11) is 2.07. The Labute approximate surface area is 104 Å². The van der Waals surface area contributed by atoms with Crippen LogP contribution < -0.4 is 10.2 Å². The number of rotatable bonds is 6. The predicted octanol–water partition coefficient (Wildman–Crippen LogP) is 2.35. The van der Waals surface area contributed by atoms with E-state index in [1.807, 2.05) is 19.2 Å². The molecular weight excluding hydrogens is 210 g/mol. The Hall–Kier alpha value is -1.35. The molecule has 0 saturated heterocycles. The van der Waals surface area contributed by atoms with Gasteiger partial charge in [0.25, 0.3) is 0 Å². The van der Waals surface area contributed by atoms with Gasteiger partial charge in [-0.3, -0.25) is 0 Å². The average Bonchev–Trinajstić information content (AvgIpc) is 3.09. The maximum Gasteiger partial charge on any atom is 0.133 e. The SMILES string of the molecule is C=C(C)CN(C)c1ncccc1CNC1CC1. The molecule has 0 unspecified atom stereocenters. The molecule has 1 N–H and O–H groups in total. The number of likely N-dealkylation sites (N-methyl/N-ethyl adjacent to an activating group) is 1. The molecule has 3 heteroatoms. The van der Waals surface area contributed by atoms with Crippen molar-refractivity contribution in [1.82, 2.24) is 10.3 Å². The van der Waals surface area contributed by atoms with Gasteiger partial charge in [0.15, 0.2) is 0 Å². The van der Waals surface area contributed by atoms with Crippen molar-refractivity contribution in [3.8, 4) is 0 Å². The lowest BCUT2D eigenvalue weighted by Crippen LogP contribution is -2.24. The average molecular weight is 231 g/mol. The molecule has 92 valence electrons. The van der Waals surface area contributed by atoms with E-state index in [2.05, 4.69) is 34.9 Å². The summed E-state index contributed by atoms with van der Waals surface area (Å²) < 4.78 is 0. The van der Waals surface area contributed by atoms with Gasteiger partial charge >= 0.3 is 0 Å². The highest BCUT2D eigenvalue weighted by Crippen LogP contribution is 2.21. The van der Waals surface area contributed by atoms with Crippen LogP contribution in [0, 0.1) is 0 Å². The molecule has 0 atom stereocenters. The third-order valence-electron chi connectivity index (χ3n) is 2.89. The van der Waals surface area contributed by atoms with E-state index in [-0.39, 0.29) is 0 Å². The van der Waals surface area contributed by atoms with Gasteiger partial charge in [0, 0.05) is 37.9 Å². The number of anilines is 1. The maximum absolute atomic E-state index is 4.47. The van der Waals surface area contributed by atoms with Crippen molar-refractivity contribution in [2.45, 2.75) is 32.4 Å². The van der Waals surface area contributed by atoms with Crippen LogP contribution in [0.2, 0.25) is 0 Å². The van der Waals surface area contributed by atoms with Gasteiger partial charge in [-0.05, 0) is 25.8 Å². The van der Waals surface area contributed by atoms with Gasteiger partial charge in [-0.2, -0.15) is 0 Å². The number of aromatic nitrogens is 1. The summed E-state index contributed by atoms with van der Waals surface area (Å²) in [6, 6.07) is 4.88. The van der Waals surface area contributed by atoms with E-state index in [1.165, 1.54) is 18.4 Å².